The lowest BCUT2D eigenvalue weighted by atomic mass is 9.91. The Morgan fingerprint density at radius 1 is 1.22 bits per heavy atom. The molecule has 1 heterocycles. The van der Waals surface area contributed by atoms with Gasteiger partial charge in [-0.2, -0.15) is 4.68 Å². The molecule has 0 aliphatic heterocycles. The Morgan fingerprint density at radius 2 is 1.87 bits per heavy atom. The minimum atomic E-state index is -0.761. The van der Waals surface area contributed by atoms with E-state index in [4.69, 9.17) is 9.15 Å². The summed E-state index contributed by atoms with van der Waals surface area (Å²) in [5, 5.41) is 3.95. The highest BCUT2D eigenvalue weighted by Crippen LogP contribution is 2.15. The number of Topliss-reactive ketones (excluding diaryl/α,β-unsaturated/α-hetero) is 1. The van der Waals surface area contributed by atoms with E-state index in [1.807, 2.05) is 6.07 Å². The van der Waals surface area contributed by atoms with Gasteiger partial charge in [0.2, 0.25) is 5.89 Å². The number of rotatable bonds is 5. The summed E-state index contributed by atoms with van der Waals surface area (Å²) in [5.41, 5.74) is 0.0329. The number of esters is 1. The first-order valence-electron chi connectivity index (χ1n) is 7.09. The molecular weight excluding hydrogens is 300 g/mol. The van der Waals surface area contributed by atoms with Crippen molar-refractivity contribution in [2.75, 3.05) is 6.61 Å². The van der Waals surface area contributed by atoms with Crippen molar-refractivity contribution in [3.05, 3.63) is 40.9 Å². The average Bonchev–Trinajstić information content (AvgIpc) is 2.86. The number of ketones is 1. The summed E-state index contributed by atoms with van der Waals surface area (Å²) >= 11 is 0. The predicted molar refractivity (Wildman–Crippen MR) is 81.6 cm³/mol. The molecule has 122 valence electrons. The van der Waals surface area contributed by atoms with Crippen LogP contribution >= 0.6 is 0 Å². The molecule has 0 N–H and O–H groups in total. The van der Waals surface area contributed by atoms with Gasteiger partial charge >= 0.3 is 11.7 Å². The molecule has 1 aromatic heterocycles. The van der Waals surface area contributed by atoms with Crippen molar-refractivity contribution < 1.29 is 18.7 Å². The lowest BCUT2D eigenvalue weighted by Crippen LogP contribution is -2.29. The molecule has 0 radical (unpaired) electrons. The van der Waals surface area contributed by atoms with E-state index in [2.05, 4.69) is 5.10 Å². The van der Waals surface area contributed by atoms with Gasteiger partial charge in [0.15, 0.2) is 12.4 Å². The SMILES string of the molecule is CC(C)(C)C(=O)COC(=O)Cn1nc(-c2ccccc2)oc1=O. The average molecular weight is 318 g/mol. The monoisotopic (exact) mass is 318 g/mol. The Balaban J connectivity index is 2.01. The highest BCUT2D eigenvalue weighted by molar-refractivity contribution is 5.86. The fourth-order valence-corrected chi connectivity index (χ4v) is 1.63. The minimum Gasteiger partial charge on any atom is -0.456 e. The molecule has 0 spiro atoms. The van der Waals surface area contributed by atoms with Crippen LogP contribution in [0.2, 0.25) is 0 Å². The van der Waals surface area contributed by atoms with Crippen molar-refractivity contribution in [2.45, 2.75) is 27.3 Å². The summed E-state index contributed by atoms with van der Waals surface area (Å²) in [6.45, 7) is 4.46. The molecule has 2 aromatic rings. The Kier molecular flexibility index (Phi) is 4.78. The molecule has 0 unspecified atom stereocenters. The Labute approximate surface area is 132 Å². The smallest absolute Gasteiger partial charge is 0.437 e. The molecule has 7 heteroatoms. The fourth-order valence-electron chi connectivity index (χ4n) is 1.63. The van der Waals surface area contributed by atoms with E-state index in [1.54, 1.807) is 45.0 Å². The maximum atomic E-state index is 11.7. The van der Waals surface area contributed by atoms with Gasteiger partial charge in [0, 0.05) is 11.0 Å². The molecule has 0 atom stereocenters. The van der Waals surface area contributed by atoms with Gasteiger partial charge in [-0.1, -0.05) is 39.0 Å². The molecule has 0 saturated carbocycles. The summed E-state index contributed by atoms with van der Waals surface area (Å²) in [6, 6.07) is 8.84. The number of ether oxygens (including phenoxy) is 1. The number of nitrogens with zero attached hydrogens (tertiary/aromatic N) is 2. The fraction of sp³-hybridized carbons (Fsp3) is 0.375. The Bertz CT molecular complexity index is 753. The third-order valence-corrected chi connectivity index (χ3v) is 3.11. The topological polar surface area (TPSA) is 91.4 Å². The standard InChI is InChI=1S/C16H18N2O5/c1-16(2,3)12(19)10-22-13(20)9-18-15(21)23-14(17-18)11-7-5-4-6-8-11/h4-8H,9-10H2,1-3H3. The highest BCUT2D eigenvalue weighted by Gasteiger charge is 2.23. The van der Waals surface area contributed by atoms with E-state index in [-0.39, 0.29) is 18.3 Å². The summed E-state index contributed by atoms with van der Waals surface area (Å²) in [4.78, 5) is 35.1. The van der Waals surface area contributed by atoms with Crippen molar-refractivity contribution in [2.24, 2.45) is 5.41 Å². The number of hydrogen-bond acceptors (Lipinski definition) is 6. The van der Waals surface area contributed by atoms with Crippen LogP contribution in [0, 0.1) is 5.41 Å². The molecule has 0 bridgehead atoms. The first-order chi connectivity index (χ1) is 10.8. The number of carbonyl (C=O) groups excluding carboxylic acids is 2. The molecule has 0 saturated heterocycles. The van der Waals surface area contributed by atoms with E-state index in [1.165, 1.54) is 0 Å². The van der Waals surface area contributed by atoms with E-state index in [0.717, 1.165) is 4.68 Å². The van der Waals surface area contributed by atoms with Gasteiger partial charge in [0.25, 0.3) is 0 Å². The molecule has 0 aliphatic carbocycles. The van der Waals surface area contributed by atoms with E-state index in [0.29, 0.717) is 5.56 Å². The summed E-state index contributed by atoms with van der Waals surface area (Å²) in [6.07, 6.45) is 0. The van der Waals surface area contributed by atoms with Crippen LogP contribution in [0.15, 0.2) is 39.5 Å². The van der Waals surface area contributed by atoms with Crippen LogP contribution < -0.4 is 5.76 Å². The Morgan fingerprint density at radius 3 is 2.48 bits per heavy atom. The van der Waals surface area contributed by atoms with Crippen LogP contribution in [0.25, 0.3) is 11.5 Å². The van der Waals surface area contributed by atoms with Gasteiger partial charge < -0.3 is 9.15 Å². The summed E-state index contributed by atoms with van der Waals surface area (Å²) < 4.78 is 10.7. The molecular formula is C16H18N2O5. The largest absolute Gasteiger partial charge is 0.456 e. The van der Waals surface area contributed by atoms with E-state index < -0.39 is 23.7 Å². The second kappa shape index (κ2) is 6.60. The van der Waals surface area contributed by atoms with Crippen LogP contribution in [-0.2, 0) is 20.9 Å². The number of aromatic nitrogens is 2. The Hall–Kier alpha value is -2.70. The van der Waals surface area contributed by atoms with Gasteiger partial charge in [-0.05, 0) is 12.1 Å². The van der Waals surface area contributed by atoms with Crippen molar-refractivity contribution >= 4 is 11.8 Å². The predicted octanol–water partition coefficient (Wildman–Crippen LogP) is 1.66. The molecule has 23 heavy (non-hydrogen) atoms. The van der Waals surface area contributed by atoms with Gasteiger partial charge in [0.05, 0.1) is 0 Å². The number of hydrogen-bond donors (Lipinski definition) is 0. The number of benzene rings is 1. The highest BCUT2D eigenvalue weighted by atomic mass is 16.5. The molecule has 0 amide bonds. The molecule has 1 aromatic carbocycles. The molecule has 7 nitrogen and oxygen atoms in total. The van der Waals surface area contributed by atoms with Crippen LogP contribution in [0.4, 0.5) is 0 Å². The van der Waals surface area contributed by atoms with Crippen LogP contribution in [0.3, 0.4) is 0 Å². The maximum Gasteiger partial charge on any atom is 0.437 e. The van der Waals surface area contributed by atoms with Gasteiger partial charge in [-0.3, -0.25) is 9.59 Å². The molecule has 0 aliphatic rings. The molecule has 0 fully saturated rings. The summed E-state index contributed by atoms with van der Waals surface area (Å²) in [7, 11) is 0. The quantitative estimate of drug-likeness (QED) is 0.779. The van der Waals surface area contributed by atoms with E-state index >= 15 is 0 Å². The summed E-state index contributed by atoms with van der Waals surface area (Å²) in [5.74, 6) is -1.57. The lowest BCUT2D eigenvalue weighted by molar-refractivity contribution is -0.150. The van der Waals surface area contributed by atoms with Crippen LogP contribution in [0.1, 0.15) is 20.8 Å². The second-order valence-electron chi connectivity index (χ2n) is 6.03. The zero-order valence-electron chi connectivity index (χ0n) is 13.2. The van der Waals surface area contributed by atoms with Crippen molar-refractivity contribution in [1.82, 2.24) is 9.78 Å². The maximum absolute atomic E-state index is 11.7. The normalized spacial score (nSPS) is 11.3. The first-order valence-corrected chi connectivity index (χ1v) is 7.09. The van der Waals surface area contributed by atoms with Gasteiger partial charge in [0.1, 0.15) is 6.54 Å². The van der Waals surface area contributed by atoms with Crippen LogP contribution in [0.5, 0.6) is 0 Å². The van der Waals surface area contributed by atoms with Gasteiger partial charge in [-0.25, -0.2) is 4.79 Å². The van der Waals surface area contributed by atoms with E-state index in [9.17, 15) is 14.4 Å². The van der Waals surface area contributed by atoms with Gasteiger partial charge in [-0.15, -0.1) is 5.10 Å². The third-order valence-electron chi connectivity index (χ3n) is 3.11. The zero-order chi connectivity index (χ0) is 17.0. The van der Waals surface area contributed by atoms with Crippen molar-refractivity contribution in [1.29, 1.82) is 0 Å². The van der Waals surface area contributed by atoms with Crippen molar-refractivity contribution in [3.63, 3.8) is 0 Å². The van der Waals surface area contributed by atoms with Crippen LogP contribution in [-0.4, -0.2) is 28.1 Å². The second-order valence-corrected chi connectivity index (χ2v) is 6.03. The first kappa shape index (κ1) is 16.7. The third kappa shape index (κ3) is 4.38. The zero-order valence-corrected chi connectivity index (χ0v) is 13.2. The lowest BCUT2D eigenvalue weighted by Gasteiger charge is -2.15. The molecule has 2 rings (SSSR count). The number of carbonyl (C=O) groups is 2. The van der Waals surface area contributed by atoms with Crippen molar-refractivity contribution in [3.8, 4) is 11.5 Å². The minimum absolute atomic E-state index is 0.120.